The number of nitrogens with zero attached hydrogens (tertiary/aromatic N) is 3. The van der Waals surface area contributed by atoms with Crippen molar-refractivity contribution in [3.05, 3.63) is 80.6 Å². The second-order valence-corrected chi connectivity index (χ2v) is 8.56. The average Bonchev–Trinajstić information content (AvgIpc) is 3.48. The second-order valence-electron chi connectivity index (χ2n) is 7.56. The number of aryl methyl sites for hydroxylation is 1. The van der Waals surface area contributed by atoms with E-state index in [1.165, 1.54) is 23.7 Å². The standard InChI is InChI=1S/C22H19FN4O3S/c1-12-17-19(28)25-11-26-21(17)31-18(12)22(29)27-8-4-7-16(27)20-24-10-14(30-20)9-13-5-2-3-6-15(13)23/h2-3,5-6,10-11,16H,4,7-9H2,1H3,(H,25,26,28)/t16-/m1/s1. The SMILES string of the molecule is Cc1c(C(=O)N2CCC[C@@H]2c2ncc(Cc3ccccc3F)o2)sc2nc[nH]c(=O)c12. The van der Waals surface area contributed by atoms with Gasteiger partial charge in [-0.3, -0.25) is 9.59 Å². The molecule has 31 heavy (non-hydrogen) atoms. The number of thiophene rings is 1. The van der Waals surface area contributed by atoms with Crippen LogP contribution in [0.25, 0.3) is 10.2 Å². The van der Waals surface area contributed by atoms with Crippen molar-refractivity contribution in [2.24, 2.45) is 0 Å². The van der Waals surface area contributed by atoms with Crippen LogP contribution in [0.2, 0.25) is 0 Å². The molecule has 1 aromatic carbocycles. The number of oxazole rings is 1. The van der Waals surface area contributed by atoms with E-state index in [1.807, 2.05) is 0 Å². The number of aromatic nitrogens is 3. The van der Waals surface area contributed by atoms with Crippen LogP contribution in [0, 0.1) is 12.7 Å². The second kappa shape index (κ2) is 7.73. The van der Waals surface area contributed by atoms with Gasteiger partial charge >= 0.3 is 0 Å². The van der Waals surface area contributed by atoms with Crippen LogP contribution in [0.4, 0.5) is 4.39 Å². The molecule has 5 rings (SSSR count). The van der Waals surface area contributed by atoms with E-state index >= 15 is 0 Å². The topological polar surface area (TPSA) is 92.1 Å². The molecule has 1 fully saturated rings. The van der Waals surface area contributed by atoms with Gasteiger partial charge in [0.25, 0.3) is 11.5 Å². The third-order valence-corrected chi connectivity index (χ3v) is 6.81. The summed E-state index contributed by atoms with van der Waals surface area (Å²) in [5.41, 5.74) is 0.919. The maximum Gasteiger partial charge on any atom is 0.264 e. The largest absolute Gasteiger partial charge is 0.443 e. The van der Waals surface area contributed by atoms with Crippen molar-refractivity contribution in [3.63, 3.8) is 0 Å². The van der Waals surface area contributed by atoms with Gasteiger partial charge in [0, 0.05) is 13.0 Å². The van der Waals surface area contributed by atoms with Crippen LogP contribution in [0.3, 0.4) is 0 Å². The number of H-pyrrole nitrogens is 1. The van der Waals surface area contributed by atoms with E-state index in [2.05, 4.69) is 15.0 Å². The highest BCUT2D eigenvalue weighted by molar-refractivity contribution is 7.20. The summed E-state index contributed by atoms with van der Waals surface area (Å²) in [6, 6.07) is 6.25. The lowest BCUT2D eigenvalue weighted by molar-refractivity contribution is 0.0719. The van der Waals surface area contributed by atoms with Gasteiger partial charge in [-0.05, 0) is 37.0 Å². The molecule has 1 N–H and O–H groups in total. The molecule has 4 heterocycles. The zero-order valence-electron chi connectivity index (χ0n) is 16.7. The Morgan fingerprint density at radius 2 is 2.19 bits per heavy atom. The Bertz CT molecular complexity index is 1340. The van der Waals surface area contributed by atoms with Crippen LogP contribution >= 0.6 is 11.3 Å². The van der Waals surface area contributed by atoms with Crippen molar-refractivity contribution in [3.8, 4) is 0 Å². The molecule has 0 unspecified atom stereocenters. The van der Waals surface area contributed by atoms with Crippen molar-refractivity contribution in [1.29, 1.82) is 0 Å². The van der Waals surface area contributed by atoms with Gasteiger partial charge in [0.15, 0.2) is 0 Å². The minimum absolute atomic E-state index is 0.156. The predicted molar refractivity (Wildman–Crippen MR) is 114 cm³/mol. The zero-order valence-corrected chi connectivity index (χ0v) is 17.5. The number of fused-ring (bicyclic) bond motifs is 1. The van der Waals surface area contributed by atoms with E-state index in [0.717, 1.165) is 12.8 Å². The summed E-state index contributed by atoms with van der Waals surface area (Å²) >= 11 is 1.22. The lowest BCUT2D eigenvalue weighted by Crippen LogP contribution is -2.30. The first-order valence-electron chi connectivity index (χ1n) is 9.98. The Balaban J connectivity index is 1.42. The molecule has 0 saturated carbocycles. The van der Waals surface area contributed by atoms with Crippen LogP contribution in [-0.4, -0.2) is 32.3 Å². The fraction of sp³-hybridized carbons (Fsp3) is 0.273. The minimum atomic E-state index is -0.294. The van der Waals surface area contributed by atoms with E-state index in [1.54, 1.807) is 36.2 Å². The molecule has 158 valence electrons. The smallest absolute Gasteiger partial charge is 0.264 e. The zero-order chi connectivity index (χ0) is 21.5. The van der Waals surface area contributed by atoms with Crippen LogP contribution in [-0.2, 0) is 6.42 Å². The van der Waals surface area contributed by atoms with E-state index in [9.17, 15) is 14.0 Å². The average molecular weight is 438 g/mol. The van der Waals surface area contributed by atoms with Crippen molar-refractivity contribution >= 4 is 27.5 Å². The quantitative estimate of drug-likeness (QED) is 0.520. The highest BCUT2D eigenvalue weighted by Gasteiger charge is 2.35. The van der Waals surface area contributed by atoms with Crippen molar-refractivity contribution in [2.75, 3.05) is 6.54 Å². The third-order valence-electron chi connectivity index (χ3n) is 5.62. The first kappa shape index (κ1) is 19.6. The number of hydrogen-bond donors (Lipinski definition) is 1. The molecule has 1 aliphatic rings. The number of carbonyl (C=O) groups excluding carboxylic acids is 1. The fourth-order valence-electron chi connectivity index (χ4n) is 4.07. The highest BCUT2D eigenvalue weighted by Crippen LogP contribution is 2.36. The molecule has 1 saturated heterocycles. The fourth-order valence-corrected chi connectivity index (χ4v) is 5.17. The van der Waals surface area contributed by atoms with E-state index in [-0.39, 0.29) is 23.3 Å². The number of nitrogens with one attached hydrogen (secondary N) is 1. The Morgan fingerprint density at radius 3 is 3.00 bits per heavy atom. The number of aromatic amines is 1. The number of carbonyl (C=O) groups is 1. The molecule has 9 heteroatoms. The van der Waals surface area contributed by atoms with Gasteiger partial charge in [-0.25, -0.2) is 14.4 Å². The summed E-state index contributed by atoms with van der Waals surface area (Å²) in [4.78, 5) is 39.4. The van der Waals surface area contributed by atoms with Gasteiger partial charge in [0.2, 0.25) is 5.89 Å². The summed E-state index contributed by atoms with van der Waals surface area (Å²) in [6.45, 7) is 2.34. The van der Waals surface area contributed by atoms with Crippen LogP contribution < -0.4 is 5.56 Å². The molecule has 0 spiro atoms. The number of amides is 1. The van der Waals surface area contributed by atoms with Gasteiger partial charge in [-0.1, -0.05) is 18.2 Å². The maximum absolute atomic E-state index is 13.9. The van der Waals surface area contributed by atoms with Gasteiger partial charge in [-0.15, -0.1) is 11.3 Å². The molecule has 1 atom stereocenters. The van der Waals surface area contributed by atoms with Crippen LogP contribution in [0.1, 0.15) is 51.3 Å². The Hall–Kier alpha value is -3.33. The van der Waals surface area contributed by atoms with Crippen LogP contribution in [0.15, 0.2) is 46.0 Å². The number of halogens is 1. The number of rotatable bonds is 4. The molecule has 7 nitrogen and oxygen atoms in total. The number of benzene rings is 1. The van der Waals surface area contributed by atoms with Crippen LogP contribution in [0.5, 0.6) is 0 Å². The van der Waals surface area contributed by atoms with Crippen molar-refractivity contribution < 1.29 is 13.6 Å². The van der Waals surface area contributed by atoms with E-state index < -0.39 is 0 Å². The lowest BCUT2D eigenvalue weighted by atomic mass is 10.1. The van der Waals surface area contributed by atoms with E-state index in [4.69, 9.17) is 4.42 Å². The first-order valence-corrected chi connectivity index (χ1v) is 10.8. The maximum atomic E-state index is 13.9. The molecular formula is C22H19FN4O3S. The number of likely N-dealkylation sites (tertiary alicyclic amines) is 1. The van der Waals surface area contributed by atoms with Crippen molar-refractivity contribution in [1.82, 2.24) is 19.9 Å². The van der Waals surface area contributed by atoms with Gasteiger partial charge in [-0.2, -0.15) is 0 Å². The highest BCUT2D eigenvalue weighted by atomic mass is 32.1. The Labute approximate surface area is 180 Å². The summed E-state index contributed by atoms with van der Waals surface area (Å²) in [5, 5.41) is 0.454. The molecular weight excluding hydrogens is 419 g/mol. The minimum Gasteiger partial charge on any atom is -0.443 e. The summed E-state index contributed by atoms with van der Waals surface area (Å²) in [7, 11) is 0. The van der Waals surface area contributed by atoms with Gasteiger partial charge < -0.3 is 14.3 Å². The van der Waals surface area contributed by atoms with Gasteiger partial charge in [0.05, 0.1) is 22.8 Å². The first-order chi connectivity index (χ1) is 15.0. The van der Waals surface area contributed by atoms with Crippen molar-refractivity contribution in [2.45, 2.75) is 32.2 Å². The molecule has 1 amide bonds. The molecule has 4 aromatic rings. The lowest BCUT2D eigenvalue weighted by Gasteiger charge is -2.22. The molecule has 1 aliphatic heterocycles. The van der Waals surface area contributed by atoms with Gasteiger partial charge in [0.1, 0.15) is 22.4 Å². The predicted octanol–water partition coefficient (Wildman–Crippen LogP) is 3.99. The van der Waals surface area contributed by atoms with E-state index in [0.29, 0.717) is 50.8 Å². The Morgan fingerprint density at radius 1 is 1.35 bits per heavy atom. The molecule has 0 radical (unpaired) electrons. The summed E-state index contributed by atoms with van der Waals surface area (Å²) < 4.78 is 19.9. The monoisotopic (exact) mass is 438 g/mol. The summed E-state index contributed by atoms with van der Waals surface area (Å²) in [5.74, 6) is 0.554. The third kappa shape index (κ3) is 3.44. The molecule has 0 bridgehead atoms. The molecule has 3 aromatic heterocycles. The molecule has 0 aliphatic carbocycles. The number of hydrogen-bond acceptors (Lipinski definition) is 6. The normalized spacial score (nSPS) is 16.3. The summed E-state index contributed by atoms with van der Waals surface area (Å²) in [6.07, 6.45) is 4.79. The Kier molecular flexibility index (Phi) is 4.90.